The van der Waals surface area contributed by atoms with Gasteiger partial charge in [-0.15, -0.1) is 0 Å². The first-order valence-corrected chi connectivity index (χ1v) is 5.03. The van der Waals surface area contributed by atoms with Crippen LogP contribution < -0.4 is 5.73 Å². The third-order valence-corrected chi connectivity index (χ3v) is 2.44. The van der Waals surface area contributed by atoms with Crippen LogP contribution in [0.1, 0.15) is 5.69 Å². The molecule has 14 heavy (non-hydrogen) atoms. The van der Waals surface area contributed by atoms with E-state index >= 15 is 0 Å². The first kappa shape index (κ1) is 9.27. The van der Waals surface area contributed by atoms with Gasteiger partial charge in [-0.3, -0.25) is 0 Å². The van der Waals surface area contributed by atoms with Crippen LogP contribution in [0.2, 0.25) is 0 Å². The fourth-order valence-electron chi connectivity index (χ4n) is 1.36. The molecule has 0 aliphatic rings. The van der Waals surface area contributed by atoms with Crippen molar-refractivity contribution in [1.29, 1.82) is 0 Å². The minimum atomic E-state index is 0.726. The molecule has 72 valence electrons. The largest absolute Gasteiger partial charge is 0.399 e. The number of nitrogen functional groups attached to an aromatic ring is 1. The molecule has 0 fully saturated rings. The van der Waals surface area contributed by atoms with Gasteiger partial charge in [0.25, 0.3) is 0 Å². The highest BCUT2D eigenvalue weighted by Gasteiger charge is 2.02. The Labute approximate surface area is 90.7 Å². The van der Waals surface area contributed by atoms with Gasteiger partial charge < -0.3 is 5.73 Å². The van der Waals surface area contributed by atoms with Gasteiger partial charge in [0.2, 0.25) is 0 Å². The number of anilines is 1. The molecule has 4 heteroatoms. The average molecular weight is 252 g/mol. The Balaban J connectivity index is 2.57. The summed E-state index contributed by atoms with van der Waals surface area (Å²) in [4.78, 5) is 0. The van der Waals surface area contributed by atoms with Crippen LogP contribution in [0.4, 0.5) is 5.69 Å². The summed E-state index contributed by atoms with van der Waals surface area (Å²) >= 11 is 3.40. The smallest absolute Gasteiger partial charge is 0.0680 e. The molecule has 0 amide bonds. The molecule has 0 aliphatic heterocycles. The van der Waals surface area contributed by atoms with E-state index in [1.165, 1.54) is 0 Å². The first-order chi connectivity index (χ1) is 6.66. The van der Waals surface area contributed by atoms with Crippen LogP contribution in [-0.2, 0) is 0 Å². The zero-order valence-corrected chi connectivity index (χ0v) is 9.32. The minimum Gasteiger partial charge on any atom is -0.399 e. The number of aromatic nitrogens is 2. The van der Waals surface area contributed by atoms with Crippen molar-refractivity contribution in [2.24, 2.45) is 0 Å². The van der Waals surface area contributed by atoms with Crippen molar-refractivity contribution in [2.75, 3.05) is 5.73 Å². The van der Waals surface area contributed by atoms with E-state index in [0.717, 1.165) is 21.5 Å². The van der Waals surface area contributed by atoms with Gasteiger partial charge in [-0.25, -0.2) is 4.68 Å². The lowest BCUT2D eigenvalue weighted by Crippen LogP contribution is -1.99. The second kappa shape index (κ2) is 3.46. The fourth-order valence-corrected chi connectivity index (χ4v) is 1.86. The van der Waals surface area contributed by atoms with Crippen molar-refractivity contribution >= 4 is 21.6 Å². The molecule has 2 aromatic rings. The van der Waals surface area contributed by atoms with Crippen LogP contribution in [0.25, 0.3) is 5.69 Å². The molecule has 2 rings (SSSR count). The summed E-state index contributed by atoms with van der Waals surface area (Å²) in [6, 6.07) is 7.69. The molecular formula is C10H10BrN3. The summed E-state index contributed by atoms with van der Waals surface area (Å²) in [5, 5.41) is 4.21. The van der Waals surface area contributed by atoms with E-state index in [2.05, 4.69) is 21.0 Å². The van der Waals surface area contributed by atoms with Gasteiger partial charge in [0.05, 0.1) is 5.69 Å². The number of aryl methyl sites for hydroxylation is 1. The molecule has 0 saturated carbocycles. The minimum absolute atomic E-state index is 0.726. The number of hydrogen-bond acceptors (Lipinski definition) is 2. The van der Waals surface area contributed by atoms with Gasteiger partial charge in [0.1, 0.15) is 0 Å². The lowest BCUT2D eigenvalue weighted by molar-refractivity contribution is 0.847. The molecule has 0 bridgehead atoms. The summed E-state index contributed by atoms with van der Waals surface area (Å²) < 4.78 is 2.81. The predicted octanol–water partition coefficient (Wildman–Crippen LogP) is 2.53. The fraction of sp³-hybridized carbons (Fsp3) is 0.100. The highest BCUT2D eigenvalue weighted by Crippen LogP contribution is 2.20. The number of nitrogens with two attached hydrogens (primary N) is 1. The second-order valence-electron chi connectivity index (χ2n) is 3.13. The number of halogens is 1. The summed E-state index contributed by atoms with van der Waals surface area (Å²) in [6.45, 7) is 2.00. The Bertz CT molecular complexity index is 442. The quantitative estimate of drug-likeness (QED) is 0.792. The van der Waals surface area contributed by atoms with Crippen LogP contribution in [-0.4, -0.2) is 9.78 Å². The number of rotatable bonds is 1. The van der Waals surface area contributed by atoms with Crippen molar-refractivity contribution in [1.82, 2.24) is 9.78 Å². The van der Waals surface area contributed by atoms with E-state index in [9.17, 15) is 0 Å². The Hall–Kier alpha value is -1.29. The molecule has 1 aromatic heterocycles. The van der Waals surface area contributed by atoms with Crippen molar-refractivity contribution in [2.45, 2.75) is 6.92 Å². The normalized spacial score (nSPS) is 10.4. The van der Waals surface area contributed by atoms with Crippen LogP contribution >= 0.6 is 15.9 Å². The zero-order valence-electron chi connectivity index (χ0n) is 7.74. The Morgan fingerprint density at radius 2 is 2.14 bits per heavy atom. The molecule has 0 atom stereocenters. The van der Waals surface area contributed by atoms with Crippen LogP contribution in [0.3, 0.4) is 0 Å². The highest BCUT2D eigenvalue weighted by molar-refractivity contribution is 9.10. The van der Waals surface area contributed by atoms with E-state index in [-0.39, 0.29) is 0 Å². The number of hydrogen-bond donors (Lipinski definition) is 1. The van der Waals surface area contributed by atoms with Gasteiger partial charge in [0, 0.05) is 22.1 Å². The monoisotopic (exact) mass is 251 g/mol. The van der Waals surface area contributed by atoms with Crippen molar-refractivity contribution < 1.29 is 0 Å². The number of benzene rings is 1. The summed E-state index contributed by atoms with van der Waals surface area (Å²) in [7, 11) is 0. The third kappa shape index (κ3) is 1.65. The molecule has 0 aliphatic carbocycles. The topological polar surface area (TPSA) is 43.8 Å². The van der Waals surface area contributed by atoms with E-state index in [1.54, 1.807) is 6.20 Å². The molecule has 2 N–H and O–H groups in total. The molecule has 1 aromatic carbocycles. The van der Waals surface area contributed by atoms with Gasteiger partial charge in [-0.05, 0) is 31.2 Å². The van der Waals surface area contributed by atoms with Crippen molar-refractivity contribution in [3.8, 4) is 5.69 Å². The molecule has 0 unspecified atom stereocenters. The van der Waals surface area contributed by atoms with Crippen LogP contribution in [0.5, 0.6) is 0 Å². The van der Waals surface area contributed by atoms with Gasteiger partial charge in [-0.2, -0.15) is 5.10 Å². The molecule has 0 saturated heterocycles. The SMILES string of the molecule is Cc1ccnn1-c1cc(N)cc(Br)c1. The van der Waals surface area contributed by atoms with E-state index in [4.69, 9.17) is 5.73 Å². The van der Waals surface area contributed by atoms with E-state index in [0.29, 0.717) is 0 Å². The maximum Gasteiger partial charge on any atom is 0.0680 e. The summed E-state index contributed by atoms with van der Waals surface area (Å²) in [6.07, 6.45) is 1.77. The first-order valence-electron chi connectivity index (χ1n) is 4.24. The number of nitrogens with zero attached hydrogens (tertiary/aromatic N) is 2. The lowest BCUT2D eigenvalue weighted by Gasteiger charge is -2.05. The van der Waals surface area contributed by atoms with E-state index < -0.39 is 0 Å². The van der Waals surface area contributed by atoms with E-state index in [1.807, 2.05) is 35.9 Å². The molecule has 0 spiro atoms. The summed E-state index contributed by atoms with van der Waals surface area (Å²) in [5.41, 5.74) is 8.53. The maximum absolute atomic E-state index is 5.74. The average Bonchev–Trinajstić information content (AvgIpc) is 2.49. The Morgan fingerprint density at radius 1 is 1.36 bits per heavy atom. The summed E-state index contributed by atoms with van der Waals surface area (Å²) in [5.74, 6) is 0. The van der Waals surface area contributed by atoms with Gasteiger partial charge >= 0.3 is 0 Å². The predicted molar refractivity (Wildman–Crippen MR) is 60.4 cm³/mol. The third-order valence-electron chi connectivity index (χ3n) is 1.98. The molecule has 1 heterocycles. The zero-order chi connectivity index (χ0) is 10.1. The van der Waals surface area contributed by atoms with Crippen molar-refractivity contribution in [3.63, 3.8) is 0 Å². The maximum atomic E-state index is 5.74. The second-order valence-corrected chi connectivity index (χ2v) is 4.04. The van der Waals surface area contributed by atoms with Gasteiger partial charge in [-0.1, -0.05) is 15.9 Å². The Kier molecular flexibility index (Phi) is 2.29. The molecule has 3 nitrogen and oxygen atoms in total. The molecule has 0 radical (unpaired) electrons. The highest BCUT2D eigenvalue weighted by atomic mass is 79.9. The van der Waals surface area contributed by atoms with Crippen LogP contribution in [0.15, 0.2) is 34.9 Å². The van der Waals surface area contributed by atoms with Gasteiger partial charge in [0.15, 0.2) is 0 Å². The standard InChI is InChI=1S/C10H10BrN3/c1-7-2-3-13-14(7)10-5-8(11)4-9(12)6-10/h2-6H,12H2,1H3. The van der Waals surface area contributed by atoms with Crippen LogP contribution in [0, 0.1) is 6.92 Å². The Morgan fingerprint density at radius 3 is 2.71 bits per heavy atom. The van der Waals surface area contributed by atoms with Crippen molar-refractivity contribution in [3.05, 3.63) is 40.6 Å². The lowest BCUT2D eigenvalue weighted by atomic mass is 10.3. The molecular weight excluding hydrogens is 242 g/mol.